The zero-order valence-electron chi connectivity index (χ0n) is 28.0. The molecule has 3 rings (SSSR count). The molecule has 0 spiro atoms. The van der Waals surface area contributed by atoms with Crippen LogP contribution in [-0.4, -0.2) is 191 Å². The third-order valence-corrected chi connectivity index (χ3v) is 8.83. The van der Waals surface area contributed by atoms with E-state index in [1.165, 1.54) is 19.9 Å². The monoisotopic (exact) mass is 742 g/mol. The Morgan fingerprint density at radius 3 is 2.12 bits per heavy atom. The van der Waals surface area contributed by atoms with Crippen LogP contribution >= 0.6 is 0 Å². The van der Waals surface area contributed by atoms with Gasteiger partial charge in [-0.2, -0.15) is 0 Å². The maximum Gasteiger partial charge on any atom is 0.364 e. The van der Waals surface area contributed by atoms with Crippen LogP contribution < -0.4 is 10.6 Å². The Bertz CT molecular complexity index is 1180. The highest BCUT2D eigenvalue weighted by atomic mass is 16.8. The molecule has 3 saturated heterocycles. The second kappa shape index (κ2) is 18.5. The van der Waals surface area contributed by atoms with Gasteiger partial charge in [-0.05, 0) is 6.42 Å². The lowest BCUT2D eigenvalue weighted by Crippen LogP contribution is -2.71. The van der Waals surface area contributed by atoms with E-state index in [1.54, 1.807) is 0 Å². The molecule has 16 atom stereocenters. The van der Waals surface area contributed by atoms with Crippen LogP contribution in [0.5, 0.6) is 0 Å². The smallest absolute Gasteiger partial charge is 0.364 e. The lowest BCUT2D eigenvalue weighted by molar-refractivity contribution is -0.381. The zero-order chi connectivity index (χ0) is 38.4. The third kappa shape index (κ3) is 9.76. The second-order valence-electron chi connectivity index (χ2n) is 12.9. The summed E-state index contributed by atoms with van der Waals surface area (Å²) in [5.41, 5.74) is 0. The number of aliphatic carboxylic acids is 1. The minimum atomic E-state index is -3.05. The quantitative estimate of drug-likeness (QED) is 0.0654. The number of carbonyl (C=O) groups is 3. The molecule has 0 aromatic rings. The minimum absolute atomic E-state index is 0.0300. The van der Waals surface area contributed by atoms with Gasteiger partial charge in [0.25, 0.3) is 5.79 Å². The molecule has 21 nitrogen and oxygen atoms in total. The van der Waals surface area contributed by atoms with Gasteiger partial charge in [0, 0.05) is 18.8 Å². The van der Waals surface area contributed by atoms with Crippen molar-refractivity contribution in [2.24, 2.45) is 5.92 Å². The molecule has 294 valence electrons. The highest BCUT2D eigenvalue weighted by Crippen LogP contribution is 2.38. The van der Waals surface area contributed by atoms with E-state index in [0.717, 1.165) is 0 Å². The van der Waals surface area contributed by atoms with Gasteiger partial charge in [-0.15, -0.1) is 6.58 Å². The van der Waals surface area contributed by atoms with Crippen LogP contribution in [-0.2, 0) is 38.1 Å². The number of allylic oxidation sites excluding steroid dienone is 1. The minimum Gasteiger partial charge on any atom is -0.477 e. The lowest BCUT2D eigenvalue weighted by Gasteiger charge is -2.50. The first-order valence-corrected chi connectivity index (χ1v) is 16.3. The van der Waals surface area contributed by atoms with E-state index in [0.29, 0.717) is 6.42 Å². The molecule has 21 heteroatoms. The molecule has 0 saturated carbocycles. The summed E-state index contributed by atoms with van der Waals surface area (Å²) in [7, 11) is 0. The highest BCUT2D eigenvalue weighted by Gasteiger charge is 2.60. The number of rotatable bonds is 16. The Balaban J connectivity index is 1.91. The van der Waals surface area contributed by atoms with E-state index in [9.17, 15) is 70.6 Å². The number of carbonyl (C=O) groups excluding carboxylic acids is 2. The van der Waals surface area contributed by atoms with Gasteiger partial charge in [-0.3, -0.25) is 9.59 Å². The maximum absolute atomic E-state index is 12.8. The fraction of sp³-hybridized carbons (Fsp3) is 0.833. The van der Waals surface area contributed by atoms with Crippen LogP contribution in [0.25, 0.3) is 0 Å². The van der Waals surface area contributed by atoms with Crippen molar-refractivity contribution in [3.8, 4) is 0 Å². The molecule has 51 heavy (non-hydrogen) atoms. The van der Waals surface area contributed by atoms with Crippen molar-refractivity contribution in [3.63, 3.8) is 0 Å². The van der Waals surface area contributed by atoms with E-state index in [4.69, 9.17) is 23.7 Å². The summed E-state index contributed by atoms with van der Waals surface area (Å²) in [4.78, 5) is 37.5. The van der Waals surface area contributed by atoms with Crippen molar-refractivity contribution in [2.75, 3.05) is 19.8 Å². The fourth-order valence-corrected chi connectivity index (χ4v) is 5.86. The van der Waals surface area contributed by atoms with Crippen LogP contribution in [0, 0.1) is 5.92 Å². The van der Waals surface area contributed by atoms with Gasteiger partial charge in [-0.1, -0.05) is 19.9 Å². The number of carboxylic acids is 1. The molecule has 13 N–H and O–H groups in total. The van der Waals surface area contributed by atoms with Crippen LogP contribution in [0.4, 0.5) is 0 Å². The van der Waals surface area contributed by atoms with Gasteiger partial charge in [-0.25, -0.2) is 4.79 Å². The topological polar surface area (TPSA) is 344 Å². The van der Waals surface area contributed by atoms with Crippen molar-refractivity contribution < 1.29 is 94.2 Å². The highest BCUT2D eigenvalue weighted by molar-refractivity contribution is 5.79. The van der Waals surface area contributed by atoms with Gasteiger partial charge < -0.3 is 90.5 Å². The van der Waals surface area contributed by atoms with E-state index in [-0.39, 0.29) is 6.42 Å². The summed E-state index contributed by atoms with van der Waals surface area (Å²) < 4.78 is 27.9. The van der Waals surface area contributed by atoms with Gasteiger partial charge in [0.2, 0.25) is 11.8 Å². The Kier molecular flexibility index (Phi) is 15.6. The molecule has 3 aliphatic heterocycles. The predicted octanol–water partition coefficient (Wildman–Crippen LogP) is -6.50. The molecule has 3 aliphatic rings. The molecule has 0 bridgehead atoms. The summed E-state index contributed by atoms with van der Waals surface area (Å²) in [6, 6.07) is -1.57. The van der Waals surface area contributed by atoms with Gasteiger partial charge in [0.05, 0.1) is 32.0 Å². The molecular weight excluding hydrogens is 692 g/mol. The van der Waals surface area contributed by atoms with Gasteiger partial charge in [0.1, 0.15) is 67.1 Å². The lowest BCUT2D eigenvalue weighted by atomic mass is 9.87. The molecule has 2 amide bonds. The van der Waals surface area contributed by atoms with Crippen molar-refractivity contribution in [3.05, 3.63) is 12.7 Å². The number of aliphatic hydroxyl groups excluding tert-OH is 10. The largest absolute Gasteiger partial charge is 0.477 e. The molecule has 0 aromatic carbocycles. The third-order valence-electron chi connectivity index (χ3n) is 8.83. The van der Waals surface area contributed by atoms with Crippen LogP contribution in [0.3, 0.4) is 0 Å². The summed E-state index contributed by atoms with van der Waals surface area (Å²) in [5.74, 6) is -6.93. The number of carboxylic acid groups (broad SMARTS) is 1. The van der Waals surface area contributed by atoms with Crippen LogP contribution in [0.15, 0.2) is 12.7 Å². The van der Waals surface area contributed by atoms with Crippen molar-refractivity contribution in [1.82, 2.24) is 10.6 Å². The van der Waals surface area contributed by atoms with E-state index in [1.807, 2.05) is 0 Å². The summed E-state index contributed by atoms with van der Waals surface area (Å²) in [6.07, 6.45) is -25.8. The fourth-order valence-electron chi connectivity index (χ4n) is 5.86. The molecule has 3 fully saturated rings. The first kappa shape index (κ1) is 43.0. The second-order valence-corrected chi connectivity index (χ2v) is 12.9. The van der Waals surface area contributed by atoms with Crippen molar-refractivity contribution in [2.45, 2.75) is 131 Å². The van der Waals surface area contributed by atoms with Crippen molar-refractivity contribution in [1.29, 1.82) is 0 Å². The number of amides is 2. The number of nitrogens with one attached hydrogen (secondary N) is 2. The standard InChI is InChI=1S/C30H50N2O19/c1-4-5-6-16(38)31-27-21(42)20(41)23(15(10-35)47-27)49-28-22(43)25(19(40)14(9-34)48-28)51-30(29(45)46)7-12(36)17(32-26(44)11(2)3)24(50-30)18(39)13(37)8-33/h4,11-15,17-25,27-28,33-37,39-43H,1,5-10H2,2-3H3,(H,31,38)(H,32,44)(H,45,46)/t12-,13+,14+,15+,17+,18+,19-,20+,21+,22+,23+,24+,25-,27+,28-,30-/m0/s1. The average Bonchev–Trinajstić information content (AvgIpc) is 3.09. The Hall–Kier alpha value is -2.45. The SMILES string of the molecule is C=CCCC(=O)N[C@@H]1O[C@H](CO)[C@@H](O[C@@H]2O[C@H](CO)[C@H](O)[C@H](O[C@]3(C(=O)O)C[C@H](O)[C@@H](NC(=O)C(C)C)[C@H]([C@H](O)[C@H](O)CO)O3)[C@H]2O)[C@H](O)[C@H]1O. The van der Waals surface area contributed by atoms with E-state index < -0.39 is 148 Å². The molecule has 0 radical (unpaired) electrons. The zero-order valence-corrected chi connectivity index (χ0v) is 28.0. The molecule has 0 unspecified atom stereocenters. The first-order valence-electron chi connectivity index (χ1n) is 16.3. The van der Waals surface area contributed by atoms with Crippen molar-refractivity contribution >= 4 is 17.8 Å². The van der Waals surface area contributed by atoms with Crippen LogP contribution in [0.1, 0.15) is 33.1 Å². The molecule has 3 heterocycles. The summed E-state index contributed by atoms with van der Waals surface area (Å²) >= 11 is 0. The number of hydrogen-bond donors (Lipinski definition) is 13. The van der Waals surface area contributed by atoms with Crippen LogP contribution in [0.2, 0.25) is 0 Å². The van der Waals surface area contributed by atoms with E-state index in [2.05, 4.69) is 17.2 Å². The molecule has 0 aliphatic carbocycles. The Morgan fingerprint density at radius 1 is 0.922 bits per heavy atom. The summed E-state index contributed by atoms with van der Waals surface area (Å²) in [5, 5.41) is 120. The van der Waals surface area contributed by atoms with Gasteiger partial charge in [0.15, 0.2) is 12.5 Å². The number of ether oxygens (including phenoxy) is 5. The molecular formula is C30H50N2O19. The van der Waals surface area contributed by atoms with Gasteiger partial charge >= 0.3 is 5.97 Å². The first-order chi connectivity index (χ1) is 24.0. The van der Waals surface area contributed by atoms with E-state index >= 15 is 0 Å². The predicted molar refractivity (Wildman–Crippen MR) is 165 cm³/mol. The number of aliphatic hydroxyl groups is 10. The maximum atomic E-state index is 12.8. The Labute approximate surface area is 292 Å². The molecule has 0 aromatic heterocycles. The average molecular weight is 743 g/mol. The Morgan fingerprint density at radius 2 is 1.57 bits per heavy atom. The summed E-state index contributed by atoms with van der Waals surface area (Å²) in [6.45, 7) is 3.59. The number of hydrogen-bond acceptors (Lipinski definition) is 18. The normalized spacial score (nSPS) is 39.9.